The van der Waals surface area contributed by atoms with E-state index >= 15 is 0 Å². The molecule has 4 aromatic carbocycles. The Hall–Kier alpha value is -7.65. The van der Waals surface area contributed by atoms with Crippen LogP contribution in [0.2, 0.25) is 0 Å². The van der Waals surface area contributed by atoms with E-state index in [1.807, 2.05) is 71.1 Å². The molecular weight excluding hydrogens is 1060 g/mol. The summed E-state index contributed by atoms with van der Waals surface area (Å²) in [7, 11) is -8.91. The van der Waals surface area contributed by atoms with Crippen LogP contribution in [0.3, 0.4) is 0 Å². The molecule has 10 rings (SSSR count). The van der Waals surface area contributed by atoms with Gasteiger partial charge in [-0.2, -0.15) is 21.4 Å². The van der Waals surface area contributed by atoms with Gasteiger partial charge in [0.25, 0.3) is 26.1 Å². The van der Waals surface area contributed by atoms with E-state index in [9.17, 15) is 49.9 Å². The Bertz CT molecular complexity index is 3740. The number of esters is 1. The summed E-state index contributed by atoms with van der Waals surface area (Å²) in [6.07, 6.45) is 14.5. The number of nitrogens with zero attached hydrogens (tertiary/aromatic N) is 4. The normalized spacial score (nSPS) is 21.0. The molecule has 4 heterocycles. The van der Waals surface area contributed by atoms with Crippen LogP contribution in [0.4, 0.5) is 22.7 Å². The van der Waals surface area contributed by atoms with Gasteiger partial charge in [-0.15, -0.1) is 0 Å². The smallest absolute Gasteiger partial charge is 0.307 e. The van der Waals surface area contributed by atoms with Gasteiger partial charge in [0.2, 0.25) is 23.4 Å². The molecule has 1 saturated carbocycles. The minimum Gasteiger partial charge on any atom is -0.461 e. The van der Waals surface area contributed by atoms with E-state index in [2.05, 4.69) is 25.1 Å². The maximum absolute atomic E-state index is 13.5. The molecule has 4 N–H and O–H groups in total. The first kappa shape index (κ1) is 55.7. The van der Waals surface area contributed by atoms with Crippen molar-refractivity contribution in [2.75, 3.05) is 34.8 Å². The molecule has 4 atom stereocenters. The van der Waals surface area contributed by atoms with Crippen LogP contribution in [0.15, 0.2) is 137 Å². The largest absolute Gasteiger partial charge is 0.461 e. The zero-order valence-corrected chi connectivity index (χ0v) is 46.6. The number of allylic oxidation sites excluding steroid dienone is 6. The zero-order valence-electron chi connectivity index (χ0n) is 45.0. The van der Waals surface area contributed by atoms with Crippen molar-refractivity contribution >= 4 is 89.2 Å². The van der Waals surface area contributed by atoms with Gasteiger partial charge >= 0.3 is 5.97 Å². The molecule has 416 valence electrons. The van der Waals surface area contributed by atoms with Gasteiger partial charge in [-0.25, -0.2) is 0 Å². The summed E-state index contributed by atoms with van der Waals surface area (Å²) in [6.45, 7) is 11.1. The van der Waals surface area contributed by atoms with Crippen LogP contribution in [0, 0.1) is 23.7 Å². The van der Waals surface area contributed by atoms with Gasteiger partial charge in [-0.1, -0.05) is 44.2 Å². The highest BCUT2D eigenvalue weighted by molar-refractivity contribution is 7.86. The number of hydrogen-bond acceptors (Lipinski definition) is 12. The molecule has 20 heteroatoms. The third-order valence-electron chi connectivity index (χ3n) is 16.4. The second kappa shape index (κ2) is 21.4. The lowest BCUT2D eigenvalue weighted by Crippen LogP contribution is -2.32. The van der Waals surface area contributed by atoms with Crippen molar-refractivity contribution in [2.45, 2.75) is 100 Å². The lowest BCUT2D eigenvalue weighted by molar-refractivity contribution is -0.438. The number of likely N-dealkylation sites (N-methyl/N-ethyl adjacent to an activating group) is 1. The first-order valence-electron chi connectivity index (χ1n) is 26.8. The van der Waals surface area contributed by atoms with Crippen molar-refractivity contribution in [1.82, 2.24) is 10.3 Å². The molecule has 1 aromatic heterocycles. The zero-order chi connectivity index (χ0) is 57.1. The molecule has 3 aliphatic heterocycles. The monoisotopic (exact) mass is 1120 g/mol. The summed E-state index contributed by atoms with van der Waals surface area (Å²) in [5, 5.41) is 6.38. The number of para-hydroxylation sites is 1. The Morgan fingerprint density at radius 2 is 1.49 bits per heavy atom. The Morgan fingerprint density at radius 1 is 0.812 bits per heavy atom. The SMILES string of the molecule is CCN1/C(=C/C=C/C2=[N+](CCCCCC(=O)NCCC(=O)OCc3ccnc4c(NC(=O)c5ccc(N6C(=O)C7C8C=CC(C8)C7C6=O)cc5)cccc34)c3ccc(S(=O)(=O)O)cc3C2(C)C)C(C)(C)c2cc(S(=O)(=O)O)ccc21. The number of rotatable bonds is 19. The van der Waals surface area contributed by atoms with Crippen LogP contribution in [0.1, 0.15) is 100 Å². The molecule has 4 unspecified atom stereocenters. The predicted molar refractivity (Wildman–Crippen MR) is 301 cm³/mol. The fourth-order valence-corrected chi connectivity index (χ4v) is 13.4. The second-order valence-corrected chi connectivity index (χ2v) is 24.8. The summed E-state index contributed by atoms with van der Waals surface area (Å²) in [6, 6.07) is 22.5. The quantitative estimate of drug-likeness (QED) is 0.0151. The molecule has 5 aromatic rings. The summed E-state index contributed by atoms with van der Waals surface area (Å²) in [5.41, 5.74) is 5.90. The minimum atomic E-state index is -4.49. The van der Waals surface area contributed by atoms with Gasteiger partial charge in [-0.05, 0) is 130 Å². The molecule has 0 spiro atoms. The number of anilines is 3. The molecular formula is C60H63N6O12S2+. The Kier molecular flexibility index (Phi) is 14.9. The molecule has 80 heavy (non-hydrogen) atoms. The highest BCUT2D eigenvalue weighted by Gasteiger charge is 2.59. The van der Waals surface area contributed by atoms with Crippen LogP contribution in [0.25, 0.3) is 10.9 Å². The highest BCUT2D eigenvalue weighted by Crippen LogP contribution is 2.53. The number of carbonyl (C=O) groups is 5. The van der Waals surface area contributed by atoms with Crippen molar-refractivity contribution in [3.63, 3.8) is 0 Å². The average Bonchev–Trinajstić information content (AvgIpc) is 4.38. The number of hydrogen-bond donors (Lipinski definition) is 4. The molecule has 18 nitrogen and oxygen atoms in total. The summed E-state index contributed by atoms with van der Waals surface area (Å²) >= 11 is 0. The van der Waals surface area contributed by atoms with E-state index in [0.29, 0.717) is 71.3 Å². The van der Waals surface area contributed by atoms with Crippen molar-refractivity contribution in [3.05, 3.63) is 149 Å². The van der Waals surface area contributed by atoms with Crippen molar-refractivity contribution in [2.24, 2.45) is 23.7 Å². The second-order valence-electron chi connectivity index (χ2n) is 22.0. The fraction of sp³-hybridized carbons (Fsp3) is 0.350. The van der Waals surface area contributed by atoms with E-state index in [1.165, 1.54) is 29.2 Å². The third-order valence-corrected chi connectivity index (χ3v) is 18.1. The van der Waals surface area contributed by atoms with Crippen molar-refractivity contribution in [3.8, 4) is 0 Å². The van der Waals surface area contributed by atoms with Gasteiger partial charge in [-0.3, -0.25) is 43.0 Å². The van der Waals surface area contributed by atoms with E-state index in [0.717, 1.165) is 34.8 Å². The molecule has 5 aliphatic rings. The van der Waals surface area contributed by atoms with Crippen molar-refractivity contribution < 1.29 is 59.2 Å². The van der Waals surface area contributed by atoms with Crippen molar-refractivity contribution in [1.29, 1.82) is 0 Å². The Balaban J connectivity index is 0.710. The third kappa shape index (κ3) is 10.4. The maximum atomic E-state index is 13.5. The summed E-state index contributed by atoms with van der Waals surface area (Å²) < 4.78 is 76.0. The van der Waals surface area contributed by atoms with E-state index in [4.69, 9.17) is 4.74 Å². The number of carbonyl (C=O) groups excluding carboxylic acids is 5. The first-order valence-corrected chi connectivity index (χ1v) is 29.7. The van der Waals surface area contributed by atoms with Gasteiger partial charge in [0.1, 0.15) is 13.2 Å². The number of fused-ring (bicyclic) bond motifs is 8. The topological polar surface area (TPSA) is 250 Å². The number of imide groups is 1. The number of ether oxygens (including phenoxy) is 1. The number of benzene rings is 4. The van der Waals surface area contributed by atoms with Crippen LogP contribution in [-0.2, 0) is 61.6 Å². The number of unbranched alkanes of at least 4 members (excludes halogenated alkanes) is 2. The predicted octanol–water partition coefficient (Wildman–Crippen LogP) is 8.74. The van der Waals surface area contributed by atoms with Gasteiger partial charge < -0.3 is 20.3 Å². The molecule has 0 radical (unpaired) electrons. The van der Waals surface area contributed by atoms with E-state index in [-0.39, 0.29) is 77.2 Å². The molecule has 2 fully saturated rings. The lowest BCUT2D eigenvalue weighted by Gasteiger charge is -2.25. The highest BCUT2D eigenvalue weighted by atomic mass is 32.2. The van der Waals surface area contributed by atoms with E-state index in [1.54, 1.807) is 60.8 Å². The number of amides is 4. The number of nitrogens with one attached hydrogen (secondary N) is 2. The number of pyridine rings is 1. The van der Waals surface area contributed by atoms with Gasteiger partial charge in [0.15, 0.2) is 5.71 Å². The van der Waals surface area contributed by atoms with Crippen LogP contribution >= 0.6 is 0 Å². The summed E-state index contributed by atoms with van der Waals surface area (Å²) in [5.74, 6) is -1.99. The first-order chi connectivity index (χ1) is 38.0. The molecule has 2 bridgehead atoms. The minimum absolute atomic E-state index is 0.0590. The molecule has 1 saturated heterocycles. The van der Waals surface area contributed by atoms with Crippen LogP contribution < -0.4 is 20.4 Å². The number of aromatic nitrogens is 1. The average molecular weight is 1120 g/mol. The van der Waals surface area contributed by atoms with Crippen LogP contribution in [0.5, 0.6) is 0 Å². The fourth-order valence-electron chi connectivity index (χ4n) is 12.4. The van der Waals surface area contributed by atoms with Crippen LogP contribution in [-0.4, -0.2) is 90.4 Å². The molecule has 4 amide bonds. The van der Waals surface area contributed by atoms with E-state index < -0.39 is 42.9 Å². The Labute approximate surface area is 464 Å². The Morgan fingerprint density at radius 3 is 2.16 bits per heavy atom. The maximum Gasteiger partial charge on any atom is 0.307 e. The standard InChI is InChI=1S/C60H62N6O12S2/c1-6-64-47-25-23-41(79(72,73)74)33-44(47)59(2,3)49(64)14-11-15-50-60(4,5)45-34-42(80(75,76)77)24-26-48(45)65(50)31-9-7-8-16-51(67)61-30-28-52(68)78-35-39-27-29-62-55-43(39)12-10-13-46(55)63-56(69)36-19-21-40(22-20-36)66-57(70)53-37-17-18-38(32-37)54(53)58(66)71/h10-15,17-27,29,33-34,37-38,53-54H,6-9,16,28,30-32,35H2,1-5H3,(H3-,61,63,67,69,72,73,74,75,76,77)/p+1. The van der Waals surface area contributed by atoms with Gasteiger partial charge in [0, 0.05) is 83.1 Å². The molecule has 2 aliphatic carbocycles. The summed E-state index contributed by atoms with van der Waals surface area (Å²) in [4.78, 5) is 73.3. The lowest BCUT2D eigenvalue weighted by atomic mass is 9.81. The van der Waals surface area contributed by atoms with Gasteiger partial charge in [0.05, 0.1) is 50.4 Å².